The van der Waals surface area contributed by atoms with Gasteiger partial charge in [-0.25, -0.2) is 0 Å². The van der Waals surface area contributed by atoms with Crippen LogP contribution in [0.3, 0.4) is 0 Å². The predicted molar refractivity (Wildman–Crippen MR) is 105 cm³/mol. The van der Waals surface area contributed by atoms with Crippen molar-refractivity contribution in [3.8, 4) is 0 Å². The second-order valence-corrected chi connectivity index (χ2v) is 7.20. The molecule has 0 aliphatic carbocycles. The van der Waals surface area contributed by atoms with Crippen molar-refractivity contribution in [2.45, 2.75) is 32.7 Å². The van der Waals surface area contributed by atoms with Gasteiger partial charge in [-0.1, -0.05) is 41.9 Å². The summed E-state index contributed by atoms with van der Waals surface area (Å²) >= 11 is 6.02. The second kappa shape index (κ2) is 7.92. The zero-order valence-electron chi connectivity index (χ0n) is 15.1. The maximum atomic E-state index is 12.9. The Bertz CT molecular complexity index is 821. The minimum Gasteiger partial charge on any atom is -0.333 e. The Hall–Kier alpha value is -2.33. The maximum Gasteiger partial charge on any atom is 0.246 e. The largest absolute Gasteiger partial charge is 0.333 e. The van der Waals surface area contributed by atoms with Crippen molar-refractivity contribution in [2.75, 3.05) is 18.0 Å². The van der Waals surface area contributed by atoms with E-state index in [0.29, 0.717) is 18.0 Å². The number of fused-ring (bicyclic) bond motifs is 1. The summed E-state index contributed by atoms with van der Waals surface area (Å²) in [4.78, 5) is 28.4. The van der Waals surface area contributed by atoms with Gasteiger partial charge in [0, 0.05) is 30.2 Å². The molecule has 1 atom stereocenters. The highest BCUT2D eigenvalue weighted by Crippen LogP contribution is 2.31. The molecule has 136 valence electrons. The first-order valence-electron chi connectivity index (χ1n) is 8.85. The van der Waals surface area contributed by atoms with Crippen LogP contribution in [0.1, 0.15) is 25.0 Å². The second-order valence-electron chi connectivity index (χ2n) is 6.77. The highest BCUT2D eigenvalue weighted by molar-refractivity contribution is 6.30. The average molecular weight is 371 g/mol. The molecule has 1 unspecified atom stereocenters. The van der Waals surface area contributed by atoms with Crippen LogP contribution in [0.5, 0.6) is 0 Å². The summed E-state index contributed by atoms with van der Waals surface area (Å²) in [7, 11) is 0. The third-order valence-corrected chi connectivity index (χ3v) is 5.04. The average Bonchev–Trinajstić information content (AvgIpc) is 2.94. The van der Waals surface area contributed by atoms with E-state index in [9.17, 15) is 9.59 Å². The van der Waals surface area contributed by atoms with Gasteiger partial charge in [0.2, 0.25) is 11.8 Å². The molecule has 2 aromatic rings. The molecule has 4 nitrogen and oxygen atoms in total. The summed E-state index contributed by atoms with van der Waals surface area (Å²) in [6.07, 6.45) is 1.52. The monoisotopic (exact) mass is 370 g/mol. The lowest BCUT2D eigenvalue weighted by Gasteiger charge is -2.27. The van der Waals surface area contributed by atoms with Crippen molar-refractivity contribution < 1.29 is 9.59 Å². The Morgan fingerprint density at radius 2 is 1.96 bits per heavy atom. The lowest BCUT2D eigenvalue weighted by molar-refractivity contribution is -0.133. The number of carbonyl (C=O) groups excluding carboxylic acids is 2. The molecule has 0 spiro atoms. The third kappa shape index (κ3) is 4.07. The number of hydrogen-bond donors (Lipinski definition) is 0. The number of nitrogens with zero attached hydrogens (tertiary/aromatic N) is 2. The smallest absolute Gasteiger partial charge is 0.246 e. The highest BCUT2D eigenvalue weighted by atomic mass is 35.5. The first-order valence-corrected chi connectivity index (χ1v) is 9.23. The van der Waals surface area contributed by atoms with Gasteiger partial charge in [-0.2, -0.15) is 0 Å². The molecule has 1 aliphatic rings. The number of rotatable bonds is 5. The van der Waals surface area contributed by atoms with Crippen molar-refractivity contribution in [3.05, 3.63) is 64.7 Å². The van der Waals surface area contributed by atoms with Gasteiger partial charge < -0.3 is 9.80 Å². The number of benzene rings is 2. The molecule has 0 fully saturated rings. The van der Waals surface area contributed by atoms with Crippen molar-refractivity contribution in [1.82, 2.24) is 4.90 Å². The topological polar surface area (TPSA) is 40.6 Å². The van der Waals surface area contributed by atoms with Crippen LogP contribution < -0.4 is 4.90 Å². The number of carbonyl (C=O) groups is 2. The molecular weight excluding hydrogens is 348 g/mol. The van der Waals surface area contributed by atoms with Crippen LogP contribution in [0.15, 0.2) is 48.5 Å². The summed E-state index contributed by atoms with van der Waals surface area (Å²) in [6, 6.07) is 15.7. The Kier molecular flexibility index (Phi) is 5.62. The number of halogens is 1. The number of para-hydroxylation sites is 1. The lowest BCUT2D eigenvalue weighted by Crippen LogP contribution is -2.45. The van der Waals surface area contributed by atoms with Gasteiger partial charge in [0.1, 0.15) is 6.54 Å². The SMILES string of the molecule is CC(=O)N(CCc1cccc(Cl)c1)CC(=O)N1c2ccccc2CC1C. The standard InChI is InChI=1S/C21H23ClN2O2/c1-15-12-18-7-3-4-9-20(18)24(15)21(26)14-23(16(2)25)11-10-17-6-5-8-19(22)13-17/h3-9,13,15H,10-12,14H2,1-2H3. The fourth-order valence-corrected chi connectivity index (χ4v) is 3.70. The number of hydrogen-bond acceptors (Lipinski definition) is 2. The fraction of sp³-hybridized carbons (Fsp3) is 0.333. The minimum absolute atomic E-state index is 0.0382. The number of anilines is 1. The van der Waals surface area contributed by atoms with E-state index >= 15 is 0 Å². The van der Waals surface area contributed by atoms with Crippen molar-refractivity contribution in [1.29, 1.82) is 0 Å². The van der Waals surface area contributed by atoms with Crippen LogP contribution in [-0.2, 0) is 22.4 Å². The van der Waals surface area contributed by atoms with E-state index in [1.807, 2.05) is 54.3 Å². The van der Waals surface area contributed by atoms with E-state index in [1.165, 1.54) is 12.5 Å². The Balaban J connectivity index is 1.68. The van der Waals surface area contributed by atoms with Gasteiger partial charge in [-0.05, 0) is 49.1 Å². The predicted octanol–water partition coefficient (Wildman–Crippen LogP) is 3.71. The van der Waals surface area contributed by atoms with E-state index < -0.39 is 0 Å². The zero-order chi connectivity index (χ0) is 18.7. The van der Waals surface area contributed by atoms with Crippen LogP contribution in [-0.4, -0.2) is 35.8 Å². The Morgan fingerprint density at radius 1 is 1.19 bits per heavy atom. The van der Waals surface area contributed by atoms with Crippen molar-refractivity contribution >= 4 is 29.1 Å². The summed E-state index contributed by atoms with van der Waals surface area (Å²) in [5, 5.41) is 0.676. The van der Waals surface area contributed by atoms with Gasteiger partial charge in [-0.15, -0.1) is 0 Å². The molecule has 0 radical (unpaired) electrons. The van der Waals surface area contributed by atoms with E-state index in [-0.39, 0.29) is 24.4 Å². The van der Waals surface area contributed by atoms with Crippen LogP contribution in [0, 0.1) is 0 Å². The van der Waals surface area contributed by atoms with E-state index in [1.54, 1.807) is 4.90 Å². The molecule has 0 N–H and O–H groups in total. The molecule has 2 aromatic carbocycles. The molecule has 0 bridgehead atoms. The summed E-state index contributed by atoms with van der Waals surface area (Å²) in [5.41, 5.74) is 3.20. The lowest BCUT2D eigenvalue weighted by atomic mass is 10.1. The number of amides is 2. The van der Waals surface area contributed by atoms with Crippen LogP contribution >= 0.6 is 11.6 Å². The van der Waals surface area contributed by atoms with E-state index in [4.69, 9.17) is 11.6 Å². The fourth-order valence-electron chi connectivity index (χ4n) is 3.49. The van der Waals surface area contributed by atoms with Crippen LogP contribution in [0.2, 0.25) is 5.02 Å². The molecule has 5 heteroatoms. The quantitative estimate of drug-likeness (QED) is 0.805. The molecule has 0 aromatic heterocycles. The first-order chi connectivity index (χ1) is 12.5. The molecule has 0 saturated heterocycles. The molecular formula is C21H23ClN2O2. The van der Waals surface area contributed by atoms with Crippen LogP contribution in [0.25, 0.3) is 0 Å². The molecule has 0 saturated carbocycles. The molecule has 26 heavy (non-hydrogen) atoms. The zero-order valence-corrected chi connectivity index (χ0v) is 15.9. The maximum absolute atomic E-state index is 12.9. The van der Waals surface area contributed by atoms with E-state index in [0.717, 1.165) is 17.7 Å². The highest BCUT2D eigenvalue weighted by Gasteiger charge is 2.31. The van der Waals surface area contributed by atoms with Crippen molar-refractivity contribution in [2.24, 2.45) is 0 Å². The van der Waals surface area contributed by atoms with Crippen molar-refractivity contribution in [3.63, 3.8) is 0 Å². The molecule has 3 rings (SSSR count). The first kappa shape index (κ1) is 18.5. The van der Waals surface area contributed by atoms with E-state index in [2.05, 4.69) is 6.07 Å². The summed E-state index contributed by atoms with van der Waals surface area (Å²) in [6.45, 7) is 4.13. The van der Waals surface area contributed by atoms with Crippen LogP contribution in [0.4, 0.5) is 5.69 Å². The van der Waals surface area contributed by atoms with Gasteiger partial charge in [-0.3, -0.25) is 9.59 Å². The normalized spacial score (nSPS) is 15.7. The van der Waals surface area contributed by atoms with Gasteiger partial charge >= 0.3 is 0 Å². The molecule has 1 heterocycles. The summed E-state index contributed by atoms with van der Waals surface area (Å²) < 4.78 is 0. The Morgan fingerprint density at radius 3 is 2.69 bits per heavy atom. The third-order valence-electron chi connectivity index (χ3n) is 4.81. The summed E-state index contributed by atoms with van der Waals surface area (Å²) in [5.74, 6) is -0.135. The van der Waals surface area contributed by atoms with Gasteiger partial charge in [0.05, 0.1) is 0 Å². The molecule has 1 aliphatic heterocycles. The minimum atomic E-state index is -0.0967. The van der Waals surface area contributed by atoms with Gasteiger partial charge in [0.25, 0.3) is 0 Å². The molecule has 2 amide bonds. The van der Waals surface area contributed by atoms with Gasteiger partial charge in [0.15, 0.2) is 0 Å². The Labute approximate surface area is 159 Å².